The van der Waals surface area contributed by atoms with E-state index in [0.717, 1.165) is 6.08 Å². The average Bonchev–Trinajstić information content (AvgIpc) is 2.50. The van der Waals surface area contributed by atoms with Crippen LogP contribution in [0.3, 0.4) is 0 Å². The smallest absolute Gasteiger partial charge is 0.422 e. The van der Waals surface area contributed by atoms with Crippen molar-refractivity contribution in [3.8, 4) is 0 Å². The molecule has 1 aliphatic carbocycles. The third-order valence-corrected chi connectivity index (χ3v) is 3.49. The highest BCUT2D eigenvalue weighted by atomic mass is 79.9. The topological polar surface area (TPSA) is 37.3 Å². The molecule has 0 aromatic heterocycles. The van der Waals surface area contributed by atoms with Crippen molar-refractivity contribution in [2.45, 2.75) is 20.0 Å². The number of hydrogen-bond acceptors (Lipinski definition) is 1. The molecule has 0 spiro atoms. The second kappa shape index (κ2) is 4.56. The SMILES string of the molecule is CC1(C)C(C=C(Br)C(F)(F)F)C1C(=O)O.Cl. The summed E-state index contributed by atoms with van der Waals surface area (Å²) in [6, 6.07) is 0. The maximum atomic E-state index is 12.2. The van der Waals surface area contributed by atoms with E-state index >= 15 is 0 Å². The van der Waals surface area contributed by atoms with Gasteiger partial charge in [-0.2, -0.15) is 13.2 Å². The summed E-state index contributed by atoms with van der Waals surface area (Å²) in [6.45, 7) is 3.28. The number of carboxylic acids is 1. The minimum absolute atomic E-state index is 0. The summed E-state index contributed by atoms with van der Waals surface area (Å²) in [7, 11) is 0. The molecule has 7 heteroatoms. The van der Waals surface area contributed by atoms with Crippen molar-refractivity contribution in [2.75, 3.05) is 0 Å². The zero-order valence-corrected chi connectivity index (χ0v) is 10.9. The maximum absolute atomic E-state index is 12.2. The van der Waals surface area contributed by atoms with E-state index in [2.05, 4.69) is 15.9 Å². The highest BCUT2D eigenvalue weighted by Gasteiger charge is 2.61. The van der Waals surface area contributed by atoms with Gasteiger partial charge in [-0.05, 0) is 27.3 Å². The molecule has 1 aliphatic rings. The van der Waals surface area contributed by atoms with Crippen LogP contribution in [0.15, 0.2) is 10.6 Å². The predicted molar refractivity (Wildman–Crippen MR) is 58.7 cm³/mol. The van der Waals surface area contributed by atoms with E-state index in [1.807, 2.05) is 0 Å². The van der Waals surface area contributed by atoms with E-state index in [-0.39, 0.29) is 12.4 Å². The van der Waals surface area contributed by atoms with Gasteiger partial charge >= 0.3 is 12.1 Å². The van der Waals surface area contributed by atoms with Crippen LogP contribution in [-0.4, -0.2) is 17.3 Å². The number of allylic oxidation sites excluding steroid dienone is 2. The largest absolute Gasteiger partial charge is 0.481 e. The molecule has 1 fully saturated rings. The normalized spacial score (nSPS) is 28.2. The Labute approximate surface area is 105 Å². The van der Waals surface area contributed by atoms with Gasteiger partial charge in [-0.3, -0.25) is 4.79 Å². The first-order valence-electron chi connectivity index (χ1n) is 4.26. The molecule has 16 heavy (non-hydrogen) atoms. The fourth-order valence-corrected chi connectivity index (χ4v) is 2.00. The molecule has 2 unspecified atom stereocenters. The number of hydrogen-bond donors (Lipinski definition) is 1. The summed E-state index contributed by atoms with van der Waals surface area (Å²) < 4.78 is 35.6. The van der Waals surface area contributed by atoms with Crippen LogP contribution < -0.4 is 0 Å². The van der Waals surface area contributed by atoms with Crippen molar-refractivity contribution in [3.05, 3.63) is 10.6 Å². The first-order valence-corrected chi connectivity index (χ1v) is 5.05. The van der Waals surface area contributed by atoms with Crippen LogP contribution in [0.2, 0.25) is 0 Å². The summed E-state index contributed by atoms with van der Waals surface area (Å²) >= 11 is 2.41. The first kappa shape index (κ1) is 15.8. The molecular formula is C9H11BrClF3O2. The molecule has 2 nitrogen and oxygen atoms in total. The molecule has 0 heterocycles. The van der Waals surface area contributed by atoms with Gasteiger partial charge in [-0.25, -0.2) is 0 Å². The van der Waals surface area contributed by atoms with Crippen molar-refractivity contribution in [2.24, 2.45) is 17.3 Å². The zero-order chi connectivity index (χ0) is 12.0. The minimum Gasteiger partial charge on any atom is -0.481 e. The molecule has 1 saturated carbocycles. The van der Waals surface area contributed by atoms with E-state index < -0.39 is 33.9 Å². The number of rotatable bonds is 2. The third kappa shape index (κ3) is 2.91. The lowest BCUT2D eigenvalue weighted by Gasteiger charge is -2.04. The van der Waals surface area contributed by atoms with E-state index in [0.29, 0.717) is 0 Å². The summed E-state index contributed by atoms with van der Waals surface area (Å²) in [5, 5.41) is 8.75. The molecule has 0 aliphatic heterocycles. The average molecular weight is 324 g/mol. The van der Waals surface area contributed by atoms with E-state index in [4.69, 9.17) is 5.11 Å². The highest BCUT2D eigenvalue weighted by molar-refractivity contribution is 9.11. The Morgan fingerprint density at radius 3 is 2.12 bits per heavy atom. The Morgan fingerprint density at radius 2 is 1.88 bits per heavy atom. The van der Waals surface area contributed by atoms with Crippen LogP contribution in [-0.2, 0) is 4.79 Å². The van der Waals surface area contributed by atoms with Crippen molar-refractivity contribution < 1.29 is 23.1 Å². The molecule has 1 N–H and O–H groups in total. The van der Waals surface area contributed by atoms with Crippen molar-refractivity contribution in [1.29, 1.82) is 0 Å². The lowest BCUT2D eigenvalue weighted by Crippen LogP contribution is -2.07. The molecule has 0 aromatic carbocycles. The van der Waals surface area contributed by atoms with Crippen LogP contribution in [0.4, 0.5) is 13.2 Å². The molecule has 1 rings (SSSR count). The van der Waals surface area contributed by atoms with Gasteiger partial charge in [0.2, 0.25) is 0 Å². The van der Waals surface area contributed by atoms with Gasteiger partial charge in [0.05, 0.1) is 10.4 Å². The standard InChI is InChI=1S/C9H10BrF3O2.ClH/c1-8(2)4(6(8)7(14)15)3-5(10)9(11,12)13;/h3-4,6H,1-2H3,(H,14,15);1H. The lowest BCUT2D eigenvalue weighted by atomic mass is 10.1. The number of aliphatic carboxylic acids is 1. The Balaban J connectivity index is 0.00000225. The van der Waals surface area contributed by atoms with Crippen LogP contribution in [0.5, 0.6) is 0 Å². The van der Waals surface area contributed by atoms with Crippen LogP contribution in [0.25, 0.3) is 0 Å². The monoisotopic (exact) mass is 322 g/mol. The zero-order valence-electron chi connectivity index (χ0n) is 8.51. The lowest BCUT2D eigenvalue weighted by molar-refractivity contribution is -0.139. The molecular weight excluding hydrogens is 312 g/mol. The van der Waals surface area contributed by atoms with E-state index in [1.54, 1.807) is 13.8 Å². The van der Waals surface area contributed by atoms with Gasteiger partial charge in [0, 0.05) is 0 Å². The van der Waals surface area contributed by atoms with Gasteiger partial charge in [-0.1, -0.05) is 19.9 Å². The van der Waals surface area contributed by atoms with Crippen molar-refractivity contribution in [3.63, 3.8) is 0 Å². The third-order valence-electron chi connectivity index (χ3n) is 2.77. The molecule has 0 saturated heterocycles. The molecule has 0 bridgehead atoms. The van der Waals surface area contributed by atoms with E-state index in [1.165, 1.54) is 0 Å². The predicted octanol–water partition coefficient (Wildman–Crippen LogP) is 3.61. The van der Waals surface area contributed by atoms with Crippen LogP contribution in [0.1, 0.15) is 13.8 Å². The number of alkyl halides is 3. The van der Waals surface area contributed by atoms with Gasteiger partial charge in [0.25, 0.3) is 0 Å². The van der Waals surface area contributed by atoms with Crippen molar-refractivity contribution in [1.82, 2.24) is 0 Å². The Bertz CT molecular complexity index is 325. The summed E-state index contributed by atoms with van der Waals surface area (Å²) in [6.07, 6.45) is -3.50. The molecule has 0 radical (unpaired) electrons. The van der Waals surface area contributed by atoms with Crippen LogP contribution >= 0.6 is 28.3 Å². The highest BCUT2D eigenvalue weighted by Crippen LogP contribution is 2.60. The van der Waals surface area contributed by atoms with Crippen LogP contribution in [0, 0.1) is 17.3 Å². The molecule has 0 aromatic rings. The number of carboxylic acid groups (broad SMARTS) is 1. The molecule has 0 amide bonds. The fraction of sp³-hybridized carbons (Fsp3) is 0.667. The van der Waals surface area contributed by atoms with E-state index in [9.17, 15) is 18.0 Å². The number of carbonyl (C=O) groups is 1. The fourth-order valence-electron chi connectivity index (χ4n) is 1.71. The maximum Gasteiger partial charge on any atom is 0.422 e. The quantitative estimate of drug-likeness (QED) is 0.843. The van der Waals surface area contributed by atoms with Gasteiger partial charge in [-0.15, -0.1) is 12.4 Å². The Hall–Kier alpha value is -0.230. The Morgan fingerprint density at radius 1 is 1.44 bits per heavy atom. The summed E-state index contributed by atoms with van der Waals surface area (Å²) in [5.41, 5.74) is -0.601. The minimum atomic E-state index is -4.44. The van der Waals surface area contributed by atoms with Gasteiger partial charge < -0.3 is 5.11 Å². The summed E-state index contributed by atoms with van der Waals surface area (Å²) in [4.78, 5) is 10.7. The summed E-state index contributed by atoms with van der Waals surface area (Å²) in [5.74, 6) is -2.35. The first-order chi connectivity index (χ1) is 6.58. The second-order valence-corrected chi connectivity index (χ2v) is 5.03. The van der Waals surface area contributed by atoms with Crippen molar-refractivity contribution >= 4 is 34.3 Å². The van der Waals surface area contributed by atoms with Gasteiger partial charge in [0.15, 0.2) is 0 Å². The molecule has 94 valence electrons. The number of halogens is 5. The Kier molecular flexibility index (Phi) is 4.50. The van der Waals surface area contributed by atoms with Gasteiger partial charge in [0.1, 0.15) is 0 Å². The second-order valence-electron chi connectivity index (χ2n) is 4.18. The molecule has 2 atom stereocenters.